The van der Waals surface area contributed by atoms with Crippen LogP contribution in [0.3, 0.4) is 0 Å². The minimum Gasteiger partial charge on any atom is -0.494 e. The number of carbonyl (C=O) groups is 1. The van der Waals surface area contributed by atoms with Crippen LogP contribution in [0.25, 0.3) is 16.8 Å². The molecule has 1 aliphatic rings. The van der Waals surface area contributed by atoms with Crippen molar-refractivity contribution in [3.05, 3.63) is 112 Å². The predicted octanol–water partition coefficient (Wildman–Crippen LogP) is 7.62. The highest BCUT2D eigenvalue weighted by Crippen LogP contribution is 2.31. The number of unbranched alkanes of at least 4 members (excludes halogenated alkanes) is 1. The zero-order chi connectivity index (χ0) is 24.2. The quantitative estimate of drug-likeness (QED) is 0.184. The van der Waals surface area contributed by atoms with Crippen molar-refractivity contribution in [2.75, 3.05) is 11.5 Å². The smallest absolute Gasteiger partial charge is 0.282 e. The lowest BCUT2D eigenvalue weighted by atomic mass is 10.1. The van der Waals surface area contributed by atoms with E-state index < -0.39 is 0 Å². The number of carbonyl (C=O) groups excluding carboxylic acids is 1. The first kappa shape index (κ1) is 23.1. The predicted molar refractivity (Wildman–Crippen MR) is 147 cm³/mol. The first-order chi connectivity index (χ1) is 17.1. The minimum absolute atomic E-state index is 0.151. The summed E-state index contributed by atoms with van der Waals surface area (Å²) < 4.78 is 6.81. The van der Waals surface area contributed by atoms with Gasteiger partial charge in [-0.25, -0.2) is 4.99 Å². The first-order valence-electron chi connectivity index (χ1n) is 11.7. The Hall–Kier alpha value is -3.70. The highest BCUT2D eigenvalue weighted by molar-refractivity contribution is 9.10. The highest BCUT2D eigenvalue weighted by atomic mass is 79.9. The zero-order valence-electron chi connectivity index (χ0n) is 19.4. The molecule has 0 aromatic heterocycles. The third-order valence-corrected chi connectivity index (χ3v) is 6.43. The van der Waals surface area contributed by atoms with Crippen molar-refractivity contribution in [2.45, 2.75) is 19.8 Å². The number of hydrogen-bond acceptors (Lipinski definition) is 3. The van der Waals surface area contributed by atoms with Crippen LogP contribution in [0.1, 0.15) is 30.9 Å². The molecule has 4 nitrogen and oxygen atoms in total. The molecule has 0 spiro atoms. The normalized spacial score (nSPS) is 14.6. The van der Waals surface area contributed by atoms with Gasteiger partial charge < -0.3 is 4.74 Å². The Morgan fingerprint density at radius 2 is 1.66 bits per heavy atom. The average Bonchev–Trinajstić information content (AvgIpc) is 3.21. The SMILES string of the molecule is CCCCOc1ccc(C2=NC(=Cc3ccc(Br)cc3)C(=O)N2c2ccc3ccccc3c2)cc1. The molecule has 0 fully saturated rings. The van der Waals surface area contributed by atoms with E-state index in [4.69, 9.17) is 9.73 Å². The van der Waals surface area contributed by atoms with Crippen LogP contribution in [-0.4, -0.2) is 18.3 Å². The molecule has 0 aliphatic carbocycles. The summed E-state index contributed by atoms with van der Waals surface area (Å²) in [5.74, 6) is 1.27. The van der Waals surface area contributed by atoms with Gasteiger partial charge in [-0.3, -0.25) is 9.69 Å². The number of aliphatic imine (C=N–C) groups is 1. The summed E-state index contributed by atoms with van der Waals surface area (Å²) in [7, 11) is 0. The molecule has 5 heteroatoms. The van der Waals surface area contributed by atoms with Crippen LogP contribution < -0.4 is 9.64 Å². The van der Waals surface area contributed by atoms with Crippen LogP contribution >= 0.6 is 15.9 Å². The maximum atomic E-state index is 13.6. The molecule has 4 aromatic rings. The van der Waals surface area contributed by atoms with E-state index in [-0.39, 0.29) is 5.91 Å². The minimum atomic E-state index is -0.151. The van der Waals surface area contributed by atoms with Crippen molar-refractivity contribution in [2.24, 2.45) is 4.99 Å². The molecule has 5 rings (SSSR count). The lowest BCUT2D eigenvalue weighted by Gasteiger charge is -2.19. The van der Waals surface area contributed by atoms with Crippen LogP contribution in [0.15, 0.2) is 106 Å². The summed E-state index contributed by atoms with van der Waals surface area (Å²) in [6, 6.07) is 29.8. The van der Waals surface area contributed by atoms with E-state index in [0.717, 1.165) is 50.7 Å². The molecule has 1 heterocycles. The average molecular weight is 525 g/mol. The van der Waals surface area contributed by atoms with Crippen molar-refractivity contribution in [1.82, 2.24) is 0 Å². The first-order valence-corrected chi connectivity index (χ1v) is 12.5. The van der Waals surface area contributed by atoms with Gasteiger partial charge in [-0.05, 0) is 77.4 Å². The second-order valence-corrected chi connectivity index (χ2v) is 9.33. The largest absolute Gasteiger partial charge is 0.494 e. The lowest BCUT2D eigenvalue weighted by molar-refractivity contribution is -0.113. The lowest BCUT2D eigenvalue weighted by Crippen LogP contribution is -2.32. The molecule has 0 unspecified atom stereocenters. The van der Waals surface area contributed by atoms with Crippen molar-refractivity contribution in [3.63, 3.8) is 0 Å². The van der Waals surface area contributed by atoms with Crippen molar-refractivity contribution < 1.29 is 9.53 Å². The van der Waals surface area contributed by atoms with Gasteiger partial charge in [0.15, 0.2) is 0 Å². The monoisotopic (exact) mass is 524 g/mol. The summed E-state index contributed by atoms with van der Waals surface area (Å²) in [5.41, 5.74) is 2.96. The maximum absolute atomic E-state index is 13.6. The summed E-state index contributed by atoms with van der Waals surface area (Å²) in [6.07, 6.45) is 3.94. The van der Waals surface area contributed by atoms with E-state index >= 15 is 0 Å². The number of nitrogens with zero attached hydrogens (tertiary/aromatic N) is 2. The Kier molecular flexibility index (Phi) is 6.77. The number of ether oxygens (including phenoxy) is 1. The van der Waals surface area contributed by atoms with E-state index in [1.54, 1.807) is 4.90 Å². The maximum Gasteiger partial charge on any atom is 0.282 e. The Balaban J connectivity index is 1.54. The second kappa shape index (κ2) is 10.3. The highest BCUT2D eigenvalue weighted by Gasteiger charge is 2.32. The van der Waals surface area contributed by atoms with E-state index in [1.165, 1.54) is 0 Å². The van der Waals surface area contributed by atoms with Gasteiger partial charge in [-0.2, -0.15) is 0 Å². The van der Waals surface area contributed by atoms with Gasteiger partial charge in [-0.15, -0.1) is 0 Å². The van der Waals surface area contributed by atoms with Gasteiger partial charge in [0, 0.05) is 10.0 Å². The van der Waals surface area contributed by atoms with Gasteiger partial charge in [-0.1, -0.05) is 71.7 Å². The number of hydrogen-bond donors (Lipinski definition) is 0. The molecule has 174 valence electrons. The number of fused-ring (bicyclic) bond motifs is 1. The summed E-state index contributed by atoms with van der Waals surface area (Å²) in [4.78, 5) is 20.1. The molecular weight excluding hydrogens is 500 g/mol. The Bertz CT molecular complexity index is 1420. The Labute approximate surface area is 213 Å². The van der Waals surface area contributed by atoms with E-state index in [2.05, 4.69) is 35.0 Å². The third kappa shape index (κ3) is 5.05. The number of amides is 1. The Morgan fingerprint density at radius 1 is 0.914 bits per heavy atom. The number of rotatable bonds is 7. The van der Waals surface area contributed by atoms with Crippen LogP contribution in [0.4, 0.5) is 5.69 Å². The van der Waals surface area contributed by atoms with E-state index in [1.807, 2.05) is 84.9 Å². The van der Waals surface area contributed by atoms with Crippen LogP contribution in [0, 0.1) is 0 Å². The molecule has 0 N–H and O–H groups in total. The number of amidine groups is 1. The van der Waals surface area contributed by atoms with Crippen LogP contribution in [0.5, 0.6) is 5.75 Å². The van der Waals surface area contributed by atoms with Crippen LogP contribution in [-0.2, 0) is 4.79 Å². The van der Waals surface area contributed by atoms with Crippen molar-refractivity contribution >= 4 is 50.2 Å². The molecule has 0 radical (unpaired) electrons. The molecule has 0 saturated carbocycles. The molecule has 1 amide bonds. The summed E-state index contributed by atoms with van der Waals surface area (Å²) in [5, 5.41) is 2.20. The summed E-state index contributed by atoms with van der Waals surface area (Å²) in [6.45, 7) is 2.83. The zero-order valence-corrected chi connectivity index (χ0v) is 21.0. The topological polar surface area (TPSA) is 41.9 Å². The summed E-state index contributed by atoms with van der Waals surface area (Å²) >= 11 is 3.46. The molecule has 4 aromatic carbocycles. The van der Waals surface area contributed by atoms with Gasteiger partial charge >= 0.3 is 0 Å². The molecule has 35 heavy (non-hydrogen) atoms. The third-order valence-electron chi connectivity index (χ3n) is 5.90. The molecular formula is C30H25BrN2O2. The van der Waals surface area contributed by atoms with E-state index in [0.29, 0.717) is 18.1 Å². The fraction of sp³-hybridized carbons (Fsp3) is 0.133. The number of halogens is 1. The fourth-order valence-corrected chi connectivity index (χ4v) is 4.28. The number of benzene rings is 4. The molecule has 0 saturated heterocycles. The second-order valence-electron chi connectivity index (χ2n) is 8.41. The fourth-order valence-electron chi connectivity index (χ4n) is 4.02. The van der Waals surface area contributed by atoms with Gasteiger partial charge in [0.05, 0.1) is 12.3 Å². The Morgan fingerprint density at radius 3 is 2.40 bits per heavy atom. The van der Waals surface area contributed by atoms with Gasteiger partial charge in [0.1, 0.15) is 17.3 Å². The van der Waals surface area contributed by atoms with E-state index in [9.17, 15) is 4.79 Å². The van der Waals surface area contributed by atoms with Crippen LogP contribution in [0.2, 0.25) is 0 Å². The van der Waals surface area contributed by atoms with Crippen molar-refractivity contribution in [3.8, 4) is 5.75 Å². The standard InChI is InChI=1S/C30H25BrN2O2/c1-2-3-18-35-27-16-11-23(12-17-27)29-32-28(19-21-8-13-25(31)14-9-21)30(34)33(29)26-15-10-22-6-4-5-7-24(22)20-26/h4-17,19-20H,2-3,18H2,1H3. The van der Waals surface area contributed by atoms with Gasteiger partial charge in [0.25, 0.3) is 5.91 Å². The van der Waals surface area contributed by atoms with Gasteiger partial charge in [0.2, 0.25) is 0 Å². The molecule has 1 aliphatic heterocycles. The van der Waals surface area contributed by atoms with Crippen molar-refractivity contribution in [1.29, 1.82) is 0 Å². The molecule has 0 bridgehead atoms. The molecule has 0 atom stereocenters. The number of anilines is 1.